The zero-order valence-corrected chi connectivity index (χ0v) is 19.6. The molecule has 0 aromatic heterocycles. The lowest BCUT2D eigenvalue weighted by atomic mass is 9.86. The van der Waals surface area contributed by atoms with Gasteiger partial charge in [-0.15, -0.1) is 0 Å². The standard InChI is InChI=1S/C21H38N4O4S/c1-5-30-21(2,3)17(24-20(28)29-4)19(27)25-12-6-7-16(25)18(26)23-13-14-8-10-15(22)11-9-14/h14-17H,5-13,22H2,1-4H3,(H,23,26)(H,24,28). The molecule has 172 valence electrons. The number of carbonyl (C=O) groups excluding carboxylic acids is 3. The zero-order chi connectivity index (χ0) is 22.3. The number of ether oxygens (including phenoxy) is 1. The van der Waals surface area contributed by atoms with Gasteiger partial charge in [-0.1, -0.05) is 6.92 Å². The first-order chi connectivity index (χ1) is 14.2. The molecule has 1 heterocycles. The smallest absolute Gasteiger partial charge is 0.407 e. The number of hydrogen-bond acceptors (Lipinski definition) is 6. The van der Waals surface area contributed by atoms with E-state index in [9.17, 15) is 14.4 Å². The molecular weight excluding hydrogens is 404 g/mol. The lowest BCUT2D eigenvalue weighted by Gasteiger charge is -2.36. The van der Waals surface area contributed by atoms with Crippen molar-refractivity contribution in [1.29, 1.82) is 0 Å². The Morgan fingerprint density at radius 3 is 2.47 bits per heavy atom. The monoisotopic (exact) mass is 442 g/mol. The van der Waals surface area contributed by atoms with Crippen molar-refractivity contribution in [3.05, 3.63) is 0 Å². The van der Waals surface area contributed by atoms with Crippen LogP contribution >= 0.6 is 11.8 Å². The molecule has 1 aliphatic carbocycles. The molecule has 9 heteroatoms. The second-order valence-corrected chi connectivity index (χ2v) is 10.7. The summed E-state index contributed by atoms with van der Waals surface area (Å²) < 4.78 is 4.20. The molecule has 8 nitrogen and oxygen atoms in total. The van der Waals surface area contributed by atoms with Crippen LogP contribution in [0.5, 0.6) is 0 Å². The third-order valence-corrected chi connectivity index (χ3v) is 7.47. The molecule has 4 N–H and O–H groups in total. The highest BCUT2D eigenvalue weighted by Crippen LogP contribution is 2.31. The van der Waals surface area contributed by atoms with E-state index in [1.54, 1.807) is 16.7 Å². The van der Waals surface area contributed by atoms with E-state index in [1.165, 1.54) is 7.11 Å². The molecule has 1 saturated carbocycles. The summed E-state index contributed by atoms with van der Waals surface area (Å²) in [6, 6.07) is -0.987. The Morgan fingerprint density at radius 1 is 1.20 bits per heavy atom. The van der Waals surface area contributed by atoms with Crippen LogP contribution < -0.4 is 16.4 Å². The molecule has 1 saturated heterocycles. The maximum absolute atomic E-state index is 13.4. The van der Waals surface area contributed by atoms with Crippen LogP contribution in [0.1, 0.15) is 59.3 Å². The summed E-state index contributed by atoms with van der Waals surface area (Å²) in [7, 11) is 1.28. The van der Waals surface area contributed by atoms with E-state index in [1.807, 2.05) is 20.8 Å². The number of likely N-dealkylation sites (tertiary alicyclic amines) is 1. The minimum Gasteiger partial charge on any atom is -0.453 e. The summed E-state index contributed by atoms with van der Waals surface area (Å²) in [5, 5.41) is 5.76. The largest absolute Gasteiger partial charge is 0.453 e. The van der Waals surface area contributed by atoms with Crippen molar-refractivity contribution < 1.29 is 19.1 Å². The number of nitrogens with two attached hydrogens (primary N) is 1. The highest BCUT2D eigenvalue weighted by Gasteiger charge is 2.44. The summed E-state index contributed by atoms with van der Waals surface area (Å²) in [6.07, 6.45) is 4.83. The van der Waals surface area contributed by atoms with Gasteiger partial charge >= 0.3 is 6.09 Å². The van der Waals surface area contributed by atoms with Crippen LogP contribution in [-0.4, -0.2) is 71.6 Å². The summed E-state index contributed by atoms with van der Waals surface area (Å²) >= 11 is 1.59. The van der Waals surface area contributed by atoms with Crippen molar-refractivity contribution in [3.63, 3.8) is 0 Å². The quantitative estimate of drug-likeness (QED) is 0.529. The average Bonchev–Trinajstić information content (AvgIpc) is 3.20. The maximum atomic E-state index is 13.4. The maximum Gasteiger partial charge on any atom is 0.407 e. The van der Waals surface area contributed by atoms with E-state index < -0.39 is 22.9 Å². The third kappa shape index (κ3) is 6.51. The fraction of sp³-hybridized carbons (Fsp3) is 0.857. The second kappa shape index (κ2) is 11.2. The fourth-order valence-corrected chi connectivity index (χ4v) is 5.46. The number of thioether (sulfide) groups is 1. The summed E-state index contributed by atoms with van der Waals surface area (Å²) in [6.45, 7) is 7.01. The summed E-state index contributed by atoms with van der Waals surface area (Å²) in [5.41, 5.74) is 5.96. The number of hydrogen-bond donors (Lipinski definition) is 3. The minimum atomic E-state index is -0.775. The predicted octanol–water partition coefficient (Wildman–Crippen LogP) is 1.87. The molecule has 30 heavy (non-hydrogen) atoms. The van der Waals surface area contributed by atoms with Crippen molar-refractivity contribution in [2.24, 2.45) is 11.7 Å². The summed E-state index contributed by atoms with van der Waals surface area (Å²) in [4.78, 5) is 39.9. The van der Waals surface area contributed by atoms with Gasteiger partial charge in [0.2, 0.25) is 11.8 Å². The molecule has 0 bridgehead atoms. The number of carbonyl (C=O) groups is 3. The summed E-state index contributed by atoms with van der Waals surface area (Å²) in [5.74, 6) is 0.920. The van der Waals surface area contributed by atoms with E-state index in [4.69, 9.17) is 10.5 Å². The lowest BCUT2D eigenvalue weighted by molar-refractivity contribution is -0.140. The molecule has 1 aliphatic heterocycles. The lowest BCUT2D eigenvalue weighted by Crippen LogP contribution is -2.59. The van der Waals surface area contributed by atoms with Gasteiger partial charge in [0.05, 0.1) is 7.11 Å². The molecular formula is C21H38N4O4S. The predicted molar refractivity (Wildman–Crippen MR) is 119 cm³/mol. The van der Waals surface area contributed by atoms with Gasteiger partial charge in [0.15, 0.2) is 0 Å². The zero-order valence-electron chi connectivity index (χ0n) is 18.7. The Labute approximate surface area is 184 Å². The Bertz CT molecular complexity index is 608. The van der Waals surface area contributed by atoms with Crippen LogP contribution in [0.3, 0.4) is 0 Å². The van der Waals surface area contributed by atoms with E-state index in [-0.39, 0.29) is 17.9 Å². The second-order valence-electron chi connectivity index (χ2n) is 8.82. The van der Waals surface area contributed by atoms with E-state index in [0.717, 1.165) is 37.9 Å². The molecule has 2 aliphatic rings. The molecule has 0 aromatic carbocycles. The van der Waals surface area contributed by atoms with Crippen LogP contribution in [0.25, 0.3) is 0 Å². The number of nitrogens with zero attached hydrogens (tertiary/aromatic N) is 1. The van der Waals surface area contributed by atoms with Crippen LogP contribution in [0.15, 0.2) is 0 Å². The van der Waals surface area contributed by atoms with Crippen LogP contribution in [0, 0.1) is 5.92 Å². The average molecular weight is 443 g/mol. The Hall–Kier alpha value is -1.48. The fourth-order valence-electron chi connectivity index (χ4n) is 4.39. The highest BCUT2D eigenvalue weighted by molar-refractivity contribution is 8.00. The van der Waals surface area contributed by atoms with E-state index in [0.29, 0.717) is 25.4 Å². The van der Waals surface area contributed by atoms with Gasteiger partial charge in [0.25, 0.3) is 0 Å². The molecule has 0 spiro atoms. The number of methoxy groups -OCH3 is 1. The van der Waals surface area contributed by atoms with Crippen molar-refractivity contribution in [2.75, 3.05) is 26.0 Å². The first-order valence-electron chi connectivity index (χ1n) is 11.0. The van der Waals surface area contributed by atoms with Crippen molar-refractivity contribution >= 4 is 29.7 Å². The molecule has 0 aromatic rings. The Balaban J connectivity index is 2.03. The van der Waals surface area contributed by atoms with Gasteiger partial charge in [-0.25, -0.2) is 4.79 Å². The first kappa shape index (κ1) is 24.8. The Morgan fingerprint density at radius 2 is 1.87 bits per heavy atom. The number of amides is 3. The van der Waals surface area contributed by atoms with Gasteiger partial charge in [0.1, 0.15) is 12.1 Å². The van der Waals surface area contributed by atoms with Gasteiger partial charge < -0.3 is 26.0 Å². The molecule has 0 radical (unpaired) electrons. The van der Waals surface area contributed by atoms with Crippen LogP contribution in [0.2, 0.25) is 0 Å². The topological polar surface area (TPSA) is 114 Å². The molecule has 2 fully saturated rings. The van der Waals surface area contributed by atoms with Crippen LogP contribution in [0.4, 0.5) is 4.79 Å². The van der Waals surface area contributed by atoms with Gasteiger partial charge in [-0.3, -0.25) is 9.59 Å². The number of rotatable bonds is 8. The molecule has 2 atom stereocenters. The number of nitrogens with one attached hydrogen (secondary N) is 2. The van der Waals surface area contributed by atoms with Crippen molar-refractivity contribution in [1.82, 2.24) is 15.5 Å². The normalized spacial score (nSPS) is 25.5. The van der Waals surface area contributed by atoms with Crippen molar-refractivity contribution in [2.45, 2.75) is 82.2 Å². The number of alkyl carbamates (subject to hydrolysis) is 1. The first-order valence-corrected chi connectivity index (χ1v) is 12.0. The SMILES string of the molecule is CCSC(C)(C)C(NC(=O)OC)C(=O)N1CCCC1C(=O)NCC1CCC(N)CC1. The van der Waals surface area contributed by atoms with Gasteiger partial charge in [-0.2, -0.15) is 11.8 Å². The van der Waals surface area contributed by atoms with Gasteiger partial charge in [-0.05, 0) is 64.0 Å². The highest BCUT2D eigenvalue weighted by atomic mass is 32.2. The van der Waals surface area contributed by atoms with E-state index >= 15 is 0 Å². The van der Waals surface area contributed by atoms with E-state index in [2.05, 4.69) is 10.6 Å². The van der Waals surface area contributed by atoms with Crippen LogP contribution in [-0.2, 0) is 14.3 Å². The van der Waals surface area contributed by atoms with Gasteiger partial charge in [0, 0.05) is 23.9 Å². The Kier molecular flexibility index (Phi) is 9.28. The third-order valence-electron chi connectivity index (χ3n) is 6.20. The molecule has 3 amide bonds. The molecule has 2 unspecified atom stereocenters. The molecule has 2 rings (SSSR count). The minimum absolute atomic E-state index is 0.103. The van der Waals surface area contributed by atoms with Crippen molar-refractivity contribution in [3.8, 4) is 0 Å².